The molecule has 1 aromatic heterocycles. The Morgan fingerprint density at radius 1 is 1.38 bits per heavy atom. The number of carbonyl (C=O) groups excluding carboxylic acids is 1. The lowest BCUT2D eigenvalue weighted by Gasteiger charge is -2.02. The van der Waals surface area contributed by atoms with Gasteiger partial charge in [-0.05, 0) is 18.2 Å². The number of phenols is 1. The van der Waals surface area contributed by atoms with E-state index in [0.717, 1.165) is 0 Å². The summed E-state index contributed by atoms with van der Waals surface area (Å²) in [6.45, 7) is 0. The van der Waals surface area contributed by atoms with Crippen LogP contribution in [0.4, 0.5) is 0 Å². The highest BCUT2D eigenvalue weighted by Crippen LogP contribution is 2.19. The van der Waals surface area contributed by atoms with Crippen LogP contribution in [0.3, 0.4) is 0 Å². The lowest BCUT2D eigenvalue weighted by atomic mass is 10.3. The number of esters is 1. The van der Waals surface area contributed by atoms with E-state index in [-0.39, 0.29) is 11.4 Å². The molecule has 0 aliphatic carbocycles. The Morgan fingerprint density at radius 2 is 2.12 bits per heavy atom. The molecule has 0 saturated heterocycles. The van der Waals surface area contributed by atoms with Crippen molar-refractivity contribution in [3.63, 3.8) is 0 Å². The second kappa shape index (κ2) is 4.06. The van der Waals surface area contributed by atoms with Crippen LogP contribution in [-0.4, -0.2) is 28.0 Å². The van der Waals surface area contributed by atoms with Crippen molar-refractivity contribution in [3.8, 4) is 11.4 Å². The number of methoxy groups -OCH3 is 1. The number of rotatable bonds is 2. The van der Waals surface area contributed by atoms with Crippen LogP contribution in [0.5, 0.6) is 5.75 Å². The zero-order valence-electron chi connectivity index (χ0n) is 8.62. The molecule has 5 nitrogen and oxygen atoms in total. The molecule has 2 aromatic rings. The van der Waals surface area contributed by atoms with Gasteiger partial charge in [0.15, 0.2) is 5.69 Å². The molecule has 5 heteroatoms. The van der Waals surface area contributed by atoms with Gasteiger partial charge in [0, 0.05) is 6.20 Å². The van der Waals surface area contributed by atoms with E-state index in [9.17, 15) is 9.90 Å². The van der Waals surface area contributed by atoms with E-state index in [1.54, 1.807) is 30.5 Å². The largest absolute Gasteiger partial charge is 0.506 e. The molecule has 1 heterocycles. The third-order valence-electron chi connectivity index (χ3n) is 2.11. The Kier molecular flexibility index (Phi) is 2.59. The van der Waals surface area contributed by atoms with E-state index in [1.807, 2.05) is 0 Å². The highest BCUT2D eigenvalue weighted by Gasteiger charge is 2.11. The van der Waals surface area contributed by atoms with Crippen molar-refractivity contribution in [1.82, 2.24) is 9.78 Å². The smallest absolute Gasteiger partial charge is 0.358 e. The minimum absolute atomic E-state index is 0.0991. The molecule has 82 valence electrons. The van der Waals surface area contributed by atoms with Crippen LogP contribution < -0.4 is 0 Å². The maximum absolute atomic E-state index is 11.2. The molecule has 0 amide bonds. The van der Waals surface area contributed by atoms with Crippen molar-refractivity contribution >= 4 is 5.97 Å². The number of aromatic hydroxyl groups is 1. The zero-order chi connectivity index (χ0) is 11.5. The molecule has 0 bridgehead atoms. The molecule has 0 spiro atoms. The Balaban J connectivity index is 2.39. The monoisotopic (exact) mass is 218 g/mol. The molecule has 1 N–H and O–H groups in total. The summed E-state index contributed by atoms with van der Waals surface area (Å²) in [5, 5.41) is 13.6. The SMILES string of the molecule is COC(=O)c1ccn(-c2ccccc2O)n1. The van der Waals surface area contributed by atoms with Gasteiger partial charge in [0.1, 0.15) is 11.4 Å². The van der Waals surface area contributed by atoms with Gasteiger partial charge in [-0.3, -0.25) is 0 Å². The quantitative estimate of drug-likeness (QED) is 0.773. The first kappa shape index (κ1) is 10.2. The summed E-state index contributed by atoms with van der Waals surface area (Å²) in [4.78, 5) is 11.2. The van der Waals surface area contributed by atoms with Gasteiger partial charge in [0.25, 0.3) is 0 Å². The molecule has 2 rings (SSSR count). The molecule has 0 saturated carbocycles. The molecule has 0 aliphatic heterocycles. The highest BCUT2D eigenvalue weighted by atomic mass is 16.5. The topological polar surface area (TPSA) is 64.3 Å². The number of carbonyl (C=O) groups is 1. The van der Waals surface area contributed by atoms with Gasteiger partial charge >= 0.3 is 5.97 Å². The third-order valence-corrected chi connectivity index (χ3v) is 2.11. The van der Waals surface area contributed by atoms with Gasteiger partial charge in [-0.25, -0.2) is 9.48 Å². The molecular formula is C11H10N2O3. The number of hydrogen-bond donors (Lipinski definition) is 1. The number of aromatic nitrogens is 2. The van der Waals surface area contributed by atoms with Crippen molar-refractivity contribution in [2.75, 3.05) is 7.11 Å². The fourth-order valence-corrected chi connectivity index (χ4v) is 1.33. The Bertz CT molecular complexity index is 519. The number of hydrogen-bond acceptors (Lipinski definition) is 4. The summed E-state index contributed by atoms with van der Waals surface area (Å²) in [5.74, 6) is -0.406. The maximum Gasteiger partial charge on any atom is 0.358 e. The zero-order valence-corrected chi connectivity index (χ0v) is 8.62. The third kappa shape index (κ3) is 1.75. The minimum Gasteiger partial charge on any atom is -0.506 e. The van der Waals surface area contributed by atoms with Crippen LogP contribution in [0, 0.1) is 0 Å². The second-order valence-electron chi connectivity index (χ2n) is 3.13. The summed E-state index contributed by atoms with van der Waals surface area (Å²) in [5.41, 5.74) is 0.711. The summed E-state index contributed by atoms with van der Waals surface area (Å²) in [6, 6.07) is 8.26. The average Bonchev–Trinajstić information content (AvgIpc) is 2.78. The fraction of sp³-hybridized carbons (Fsp3) is 0.0909. The Hall–Kier alpha value is -2.30. The van der Waals surface area contributed by atoms with E-state index in [0.29, 0.717) is 5.69 Å². The van der Waals surface area contributed by atoms with Crippen molar-refractivity contribution in [1.29, 1.82) is 0 Å². The standard InChI is InChI=1S/C11H10N2O3/c1-16-11(15)8-6-7-13(12-8)9-4-2-3-5-10(9)14/h2-7,14H,1H3. The van der Waals surface area contributed by atoms with E-state index in [1.165, 1.54) is 17.9 Å². The van der Waals surface area contributed by atoms with Crippen LogP contribution >= 0.6 is 0 Å². The van der Waals surface area contributed by atoms with Crippen molar-refractivity contribution in [2.24, 2.45) is 0 Å². The van der Waals surface area contributed by atoms with Gasteiger partial charge in [0.2, 0.25) is 0 Å². The molecule has 16 heavy (non-hydrogen) atoms. The molecule has 0 radical (unpaired) electrons. The average molecular weight is 218 g/mol. The van der Waals surface area contributed by atoms with Crippen LogP contribution in [0.2, 0.25) is 0 Å². The summed E-state index contributed by atoms with van der Waals surface area (Å²) in [6.07, 6.45) is 1.58. The summed E-state index contributed by atoms with van der Waals surface area (Å²) < 4.78 is 5.96. The normalized spacial score (nSPS) is 10.1. The molecule has 0 atom stereocenters. The van der Waals surface area contributed by atoms with Crippen molar-refractivity contribution < 1.29 is 14.6 Å². The number of nitrogens with zero attached hydrogens (tertiary/aromatic N) is 2. The molecule has 0 aliphatic rings. The minimum atomic E-state index is -0.505. The van der Waals surface area contributed by atoms with Crippen molar-refractivity contribution in [3.05, 3.63) is 42.2 Å². The van der Waals surface area contributed by atoms with E-state index < -0.39 is 5.97 Å². The van der Waals surface area contributed by atoms with Crippen LogP contribution in [0.1, 0.15) is 10.5 Å². The van der Waals surface area contributed by atoms with Crippen LogP contribution in [0.25, 0.3) is 5.69 Å². The first-order valence-corrected chi connectivity index (χ1v) is 4.64. The predicted molar refractivity (Wildman–Crippen MR) is 56.6 cm³/mol. The molecular weight excluding hydrogens is 208 g/mol. The molecule has 0 fully saturated rings. The first-order chi connectivity index (χ1) is 7.72. The van der Waals surface area contributed by atoms with E-state index in [4.69, 9.17) is 0 Å². The second-order valence-corrected chi connectivity index (χ2v) is 3.13. The van der Waals surface area contributed by atoms with E-state index >= 15 is 0 Å². The lowest BCUT2D eigenvalue weighted by Crippen LogP contribution is -2.04. The van der Waals surface area contributed by atoms with Gasteiger partial charge in [-0.2, -0.15) is 5.10 Å². The summed E-state index contributed by atoms with van der Waals surface area (Å²) in [7, 11) is 1.29. The molecule has 0 unspecified atom stereocenters. The first-order valence-electron chi connectivity index (χ1n) is 4.64. The molecule has 1 aromatic carbocycles. The Morgan fingerprint density at radius 3 is 2.81 bits per heavy atom. The van der Waals surface area contributed by atoms with Crippen LogP contribution in [0.15, 0.2) is 36.5 Å². The van der Waals surface area contributed by atoms with Gasteiger partial charge < -0.3 is 9.84 Å². The van der Waals surface area contributed by atoms with Gasteiger partial charge in [0.05, 0.1) is 7.11 Å². The highest BCUT2D eigenvalue weighted by molar-refractivity contribution is 5.87. The summed E-state index contributed by atoms with van der Waals surface area (Å²) >= 11 is 0. The number of ether oxygens (including phenoxy) is 1. The number of benzene rings is 1. The predicted octanol–water partition coefficient (Wildman–Crippen LogP) is 1.36. The lowest BCUT2D eigenvalue weighted by molar-refractivity contribution is 0.0593. The Labute approximate surface area is 91.9 Å². The van der Waals surface area contributed by atoms with Crippen LogP contribution in [-0.2, 0) is 4.74 Å². The van der Waals surface area contributed by atoms with Gasteiger partial charge in [-0.1, -0.05) is 12.1 Å². The van der Waals surface area contributed by atoms with Gasteiger partial charge in [-0.15, -0.1) is 0 Å². The maximum atomic E-state index is 11.2. The fourth-order valence-electron chi connectivity index (χ4n) is 1.33. The number of para-hydroxylation sites is 2. The number of phenolic OH excluding ortho intramolecular Hbond substituents is 1. The van der Waals surface area contributed by atoms with E-state index in [2.05, 4.69) is 9.84 Å². The van der Waals surface area contributed by atoms with Crippen molar-refractivity contribution in [2.45, 2.75) is 0 Å².